The minimum Gasteiger partial charge on any atom is -0.463 e. The van der Waals surface area contributed by atoms with E-state index in [2.05, 4.69) is 17.9 Å². The first-order chi connectivity index (χ1) is 11.1. The van der Waals surface area contributed by atoms with Crippen LogP contribution in [0.2, 0.25) is 0 Å². The van der Waals surface area contributed by atoms with Gasteiger partial charge in [-0.25, -0.2) is 4.79 Å². The molecule has 0 aromatic rings. The molecule has 0 amide bonds. The number of hydrogen-bond donors (Lipinski definition) is 0. The fraction of sp³-hybridized carbons (Fsp3) is 0.500. The molecule has 0 spiro atoms. The largest absolute Gasteiger partial charge is 0.463 e. The van der Waals surface area contributed by atoms with Crippen molar-refractivity contribution in [2.75, 3.05) is 6.61 Å². The summed E-state index contributed by atoms with van der Waals surface area (Å²) in [6.45, 7) is 11.6. The van der Waals surface area contributed by atoms with Crippen molar-refractivity contribution >= 4 is 23.9 Å². The van der Waals surface area contributed by atoms with Gasteiger partial charge in [-0.1, -0.05) is 25.7 Å². The molecule has 0 saturated carbocycles. The Kier molecular flexibility index (Phi) is 6.27. The highest BCUT2D eigenvalue weighted by Crippen LogP contribution is 2.29. The summed E-state index contributed by atoms with van der Waals surface area (Å²) in [4.78, 5) is 47.1. The Morgan fingerprint density at radius 2 is 1.71 bits per heavy atom. The summed E-state index contributed by atoms with van der Waals surface area (Å²) in [7, 11) is 0. The molecule has 1 aliphatic heterocycles. The van der Waals surface area contributed by atoms with Gasteiger partial charge < -0.3 is 18.9 Å². The molecular weight excluding hydrogens is 320 g/mol. The van der Waals surface area contributed by atoms with Crippen LogP contribution in [0.25, 0.3) is 0 Å². The predicted molar refractivity (Wildman–Crippen MR) is 80.0 cm³/mol. The standard InChI is InChI=1S/C16H20O8/c1-6-9(3)12-14(19)23-16(5,24-15(12)20)22-11(17)8-10(4)13(18)21-7-2/h12H,3-4,6-8H2,1-2,5H3. The molecule has 0 aromatic carbocycles. The second-order valence-corrected chi connectivity index (χ2v) is 5.12. The molecular formula is C16H20O8. The van der Waals surface area contributed by atoms with Crippen molar-refractivity contribution in [2.45, 2.75) is 39.6 Å². The van der Waals surface area contributed by atoms with Crippen LogP contribution in [0.4, 0.5) is 0 Å². The maximum atomic E-state index is 12.0. The molecule has 1 aliphatic rings. The van der Waals surface area contributed by atoms with Crippen LogP contribution >= 0.6 is 0 Å². The average molecular weight is 340 g/mol. The van der Waals surface area contributed by atoms with Crippen molar-refractivity contribution in [1.82, 2.24) is 0 Å². The molecule has 0 aliphatic carbocycles. The molecule has 24 heavy (non-hydrogen) atoms. The van der Waals surface area contributed by atoms with Gasteiger partial charge in [0.05, 0.1) is 20.0 Å². The summed E-state index contributed by atoms with van der Waals surface area (Å²) in [5, 5.41) is 0. The SMILES string of the molecule is C=C(CC(=O)OC1(C)OC(=O)C(C(=C)CC)C(=O)O1)C(=O)OCC. The van der Waals surface area contributed by atoms with Gasteiger partial charge in [0.1, 0.15) is 0 Å². The maximum absolute atomic E-state index is 12.0. The Bertz CT molecular complexity index is 571. The van der Waals surface area contributed by atoms with E-state index in [1.54, 1.807) is 13.8 Å². The van der Waals surface area contributed by atoms with Gasteiger partial charge in [0.15, 0.2) is 5.92 Å². The van der Waals surface area contributed by atoms with Crippen LogP contribution in [-0.4, -0.2) is 36.5 Å². The van der Waals surface area contributed by atoms with E-state index in [9.17, 15) is 19.2 Å². The van der Waals surface area contributed by atoms with E-state index >= 15 is 0 Å². The Labute approximate surface area is 139 Å². The quantitative estimate of drug-likeness (QED) is 0.296. The van der Waals surface area contributed by atoms with E-state index in [1.165, 1.54) is 0 Å². The number of ether oxygens (including phenoxy) is 4. The zero-order valence-electron chi connectivity index (χ0n) is 13.9. The number of carbonyl (C=O) groups excluding carboxylic acids is 4. The molecule has 0 radical (unpaired) electrons. The summed E-state index contributed by atoms with van der Waals surface area (Å²) in [6, 6.07) is 0. The zero-order chi connectivity index (χ0) is 18.5. The normalized spacial score (nSPS) is 22.9. The summed E-state index contributed by atoms with van der Waals surface area (Å²) >= 11 is 0. The van der Waals surface area contributed by atoms with Gasteiger partial charge in [0.25, 0.3) is 0 Å². The molecule has 1 heterocycles. The average Bonchev–Trinajstić information content (AvgIpc) is 2.45. The van der Waals surface area contributed by atoms with Crippen molar-refractivity contribution < 1.29 is 38.1 Å². The summed E-state index contributed by atoms with van der Waals surface area (Å²) in [5.74, 6) is -7.02. The molecule has 1 fully saturated rings. The minimum absolute atomic E-state index is 0.128. The number of rotatable bonds is 7. The molecule has 0 bridgehead atoms. The molecule has 8 nitrogen and oxygen atoms in total. The van der Waals surface area contributed by atoms with Gasteiger partial charge >= 0.3 is 29.9 Å². The minimum atomic E-state index is -2.20. The summed E-state index contributed by atoms with van der Waals surface area (Å²) in [5.41, 5.74) is 0.185. The third-order valence-electron chi connectivity index (χ3n) is 3.13. The molecule has 1 rings (SSSR count). The lowest BCUT2D eigenvalue weighted by molar-refractivity contribution is -0.333. The maximum Gasteiger partial charge on any atom is 0.420 e. The Hall–Kier alpha value is -2.64. The van der Waals surface area contributed by atoms with Crippen LogP contribution < -0.4 is 0 Å². The third kappa shape index (κ3) is 4.68. The molecule has 8 heteroatoms. The van der Waals surface area contributed by atoms with Crippen LogP contribution in [0, 0.1) is 5.92 Å². The first-order valence-corrected chi connectivity index (χ1v) is 7.33. The highest BCUT2D eigenvalue weighted by atomic mass is 16.9. The molecule has 132 valence electrons. The second kappa shape index (κ2) is 7.76. The van der Waals surface area contributed by atoms with Gasteiger partial charge in [-0.15, -0.1) is 0 Å². The van der Waals surface area contributed by atoms with E-state index in [4.69, 9.17) is 14.2 Å². The lowest BCUT2D eigenvalue weighted by Crippen LogP contribution is -2.51. The summed E-state index contributed by atoms with van der Waals surface area (Å²) < 4.78 is 19.4. The van der Waals surface area contributed by atoms with Gasteiger partial charge in [0.2, 0.25) is 0 Å². The Balaban J connectivity index is 2.71. The van der Waals surface area contributed by atoms with Crippen molar-refractivity contribution in [3.05, 3.63) is 24.3 Å². The van der Waals surface area contributed by atoms with Gasteiger partial charge in [-0.2, -0.15) is 0 Å². The molecule has 0 atom stereocenters. The third-order valence-corrected chi connectivity index (χ3v) is 3.13. The van der Waals surface area contributed by atoms with Crippen LogP contribution in [0.15, 0.2) is 24.3 Å². The Morgan fingerprint density at radius 3 is 2.17 bits per heavy atom. The van der Waals surface area contributed by atoms with E-state index in [1.807, 2.05) is 0 Å². The molecule has 0 aromatic heterocycles. The lowest BCUT2D eigenvalue weighted by Gasteiger charge is -2.34. The fourth-order valence-corrected chi connectivity index (χ4v) is 1.90. The van der Waals surface area contributed by atoms with Crippen LogP contribution in [0.1, 0.15) is 33.6 Å². The first kappa shape index (κ1) is 19.4. The molecule has 1 saturated heterocycles. The number of carbonyl (C=O) groups is 4. The van der Waals surface area contributed by atoms with Gasteiger partial charge in [0, 0.05) is 5.57 Å². The molecule has 0 N–H and O–H groups in total. The first-order valence-electron chi connectivity index (χ1n) is 7.33. The van der Waals surface area contributed by atoms with Crippen LogP contribution in [-0.2, 0) is 38.1 Å². The summed E-state index contributed by atoms with van der Waals surface area (Å²) in [6.07, 6.45) is -0.126. The topological polar surface area (TPSA) is 105 Å². The Morgan fingerprint density at radius 1 is 1.17 bits per heavy atom. The van der Waals surface area contributed by atoms with Crippen molar-refractivity contribution in [1.29, 1.82) is 0 Å². The van der Waals surface area contributed by atoms with Gasteiger partial charge in [-0.3, -0.25) is 14.4 Å². The van der Waals surface area contributed by atoms with Crippen molar-refractivity contribution in [3.8, 4) is 0 Å². The van der Waals surface area contributed by atoms with Gasteiger partial charge in [-0.05, 0) is 13.3 Å². The number of cyclic esters (lactones) is 2. The monoisotopic (exact) mass is 340 g/mol. The molecule has 0 unspecified atom stereocenters. The van der Waals surface area contributed by atoms with E-state index in [0.717, 1.165) is 6.92 Å². The smallest absolute Gasteiger partial charge is 0.420 e. The van der Waals surface area contributed by atoms with Crippen molar-refractivity contribution in [2.24, 2.45) is 5.92 Å². The van der Waals surface area contributed by atoms with Crippen LogP contribution in [0.5, 0.6) is 0 Å². The zero-order valence-corrected chi connectivity index (χ0v) is 13.9. The highest BCUT2D eigenvalue weighted by Gasteiger charge is 2.49. The lowest BCUT2D eigenvalue weighted by atomic mass is 9.98. The predicted octanol–water partition coefficient (Wildman–Crippen LogP) is 1.40. The number of esters is 4. The highest BCUT2D eigenvalue weighted by molar-refractivity contribution is 5.99. The fourth-order valence-electron chi connectivity index (χ4n) is 1.90. The van der Waals surface area contributed by atoms with E-state index in [-0.39, 0.29) is 12.2 Å². The van der Waals surface area contributed by atoms with E-state index in [0.29, 0.717) is 12.0 Å². The van der Waals surface area contributed by atoms with Crippen molar-refractivity contribution in [3.63, 3.8) is 0 Å². The van der Waals surface area contributed by atoms with E-state index < -0.39 is 42.2 Å². The second-order valence-electron chi connectivity index (χ2n) is 5.12. The van der Waals surface area contributed by atoms with Crippen LogP contribution in [0.3, 0.4) is 0 Å². The number of hydrogen-bond acceptors (Lipinski definition) is 8.